The van der Waals surface area contributed by atoms with Gasteiger partial charge in [0.05, 0.1) is 5.69 Å². The number of nitrogens with one attached hydrogen (secondary N) is 1. The van der Waals surface area contributed by atoms with Gasteiger partial charge in [0, 0.05) is 35.6 Å². The van der Waals surface area contributed by atoms with Crippen LogP contribution in [0, 0.1) is 5.82 Å². The predicted molar refractivity (Wildman–Crippen MR) is 144 cm³/mol. The van der Waals surface area contributed by atoms with Crippen LogP contribution in [-0.4, -0.2) is 21.2 Å². The zero-order chi connectivity index (χ0) is 25.9. The number of halogens is 1. The van der Waals surface area contributed by atoms with E-state index in [-0.39, 0.29) is 5.82 Å². The molecule has 190 valence electrons. The van der Waals surface area contributed by atoms with E-state index in [9.17, 15) is 4.39 Å². The Balaban J connectivity index is 0.00000114. The maximum absolute atomic E-state index is 13.6. The van der Waals surface area contributed by atoms with E-state index in [1.54, 1.807) is 12.3 Å². The van der Waals surface area contributed by atoms with Gasteiger partial charge in [0.2, 0.25) is 0 Å². The van der Waals surface area contributed by atoms with E-state index in [1.165, 1.54) is 51.2 Å². The molecule has 0 amide bonds. The second-order valence-electron chi connectivity index (χ2n) is 7.92. The van der Waals surface area contributed by atoms with E-state index >= 15 is 0 Å². The lowest BCUT2D eigenvalue weighted by molar-refractivity contribution is -0.106. The minimum atomic E-state index is -0.278. The Morgan fingerprint density at radius 2 is 1.74 bits per heavy atom. The molecule has 1 atom stereocenters. The molecule has 0 aliphatic heterocycles. The lowest BCUT2D eigenvalue weighted by Gasteiger charge is -2.17. The molecule has 0 saturated carbocycles. The smallest absolute Gasteiger partial charge is 0.134 e. The zero-order valence-corrected chi connectivity index (χ0v) is 21.9. The summed E-state index contributed by atoms with van der Waals surface area (Å²) in [5.74, 6) is 1.54. The summed E-state index contributed by atoms with van der Waals surface area (Å²) in [7, 11) is 0. The topological polar surface area (TPSA) is 67.8 Å². The largest absolute Gasteiger partial charge is 0.340 e. The summed E-state index contributed by atoms with van der Waals surface area (Å²) < 4.78 is 13.6. The van der Waals surface area contributed by atoms with Crippen LogP contribution in [0.1, 0.15) is 91.3 Å². The molecule has 6 heteroatoms. The summed E-state index contributed by atoms with van der Waals surface area (Å²) >= 11 is 0. The Bertz CT molecular complexity index is 966. The number of aromatic nitrogens is 3. The molecule has 0 fully saturated rings. The monoisotopic (exact) mass is 480 g/mol. The number of nitrogens with zero attached hydrogens (tertiary/aromatic N) is 3. The highest BCUT2D eigenvalue weighted by molar-refractivity contribution is 5.65. The minimum Gasteiger partial charge on any atom is -0.340 e. The van der Waals surface area contributed by atoms with E-state index in [1.807, 2.05) is 44.3 Å². The molecular weight excluding hydrogens is 439 g/mol. The highest BCUT2D eigenvalue weighted by Crippen LogP contribution is 2.28. The molecule has 0 spiro atoms. The fourth-order valence-electron chi connectivity index (χ4n) is 3.60. The maximum atomic E-state index is 13.6. The minimum absolute atomic E-state index is 0.278. The Kier molecular flexibility index (Phi) is 15.5. The molecule has 0 bridgehead atoms. The van der Waals surface area contributed by atoms with Crippen molar-refractivity contribution in [2.75, 3.05) is 5.32 Å². The number of aldehydes is 1. The van der Waals surface area contributed by atoms with Crippen molar-refractivity contribution in [3.05, 3.63) is 66.5 Å². The number of anilines is 2. The van der Waals surface area contributed by atoms with Crippen LogP contribution in [0.15, 0.2) is 54.9 Å². The summed E-state index contributed by atoms with van der Waals surface area (Å²) in [6.07, 6.45) is 12.7. The number of benzene rings is 1. The SMILES string of the molecule is CC.CC=O.CCCCCCCC(CC)c1nc(Nc2cccc(F)c2)cc(-c2cccnc2)n1. The highest BCUT2D eigenvalue weighted by atomic mass is 19.1. The third-order valence-corrected chi connectivity index (χ3v) is 5.31. The number of carbonyl (C=O) groups is 1. The second-order valence-corrected chi connectivity index (χ2v) is 7.92. The molecule has 3 rings (SSSR count). The van der Waals surface area contributed by atoms with Gasteiger partial charge in [0.15, 0.2) is 0 Å². The molecular formula is C29H41FN4O. The number of rotatable bonds is 11. The fourth-order valence-corrected chi connectivity index (χ4v) is 3.60. The van der Waals surface area contributed by atoms with Crippen LogP contribution in [0.4, 0.5) is 15.9 Å². The Labute approximate surface area is 210 Å². The summed E-state index contributed by atoms with van der Waals surface area (Å²) in [4.78, 5) is 22.7. The maximum Gasteiger partial charge on any atom is 0.134 e. The van der Waals surface area contributed by atoms with Crippen LogP contribution >= 0.6 is 0 Å². The van der Waals surface area contributed by atoms with Crippen molar-refractivity contribution in [1.29, 1.82) is 0 Å². The Morgan fingerprint density at radius 3 is 2.37 bits per heavy atom. The van der Waals surface area contributed by atoms with Crippen molar-refractivity contribution in [1.82, 2.24) is 15.0 Å². The Morgan fingerprint density at radius 1 is 1.00 bits per heavy atom. The average Bonchev–Trinajstić information content (AvgIpc) is 2.88. The molecule has 1 N–H and O–H groups in total. The quantitative estimate of drug-likeness (QED) is 0.220. The number of carbonyl (C=O) groups excluding carboxylic acids is 1. The molecule has 2 heterocycles. The molecule has 0 saturated heterocycles. The molecule has 0 radical (unpaired) electrons. The highest BCUT2D eigenvalue weighted by Gasteiger charge is 2.16. The second kappa shape index (κ2) is 18.2. The van der Waals surface area contributed by atoms with E-state index in [2.05, 4.69) is 24.1 Å². The first-order valence-corrected chi connectivity index (χ1v) is 12.8. The lowest BCUT2D eigenvalue weighted by atomic mass is 9.97. The van der Waals surface area contributed by atoms with Gasteiger partial charge in [-0.15, -0.1) is 0 Å². The normalized spacial score (nSPS) is 10.8. The van der Waals surface area contributed by atoms with Crippen LogP contribution in [-0.2, 0) is 4.79 Å². The van der Waals surface area contributed by atoms with Gasteiger partial charge in [0.25, 0.3) is 0 Å². The van der Waals surface area contributed by atoms with Gasteiger partial charge in [-0.05, 0) is 50.1 Å². The summed E-state index contributed by atoms with van der Waals surface area (Å²) in [5, 5.41) is 3.25. The van der Waals surface area contributed by atoms with Gasteiger partial charge in [-0.25, -0.2) is 14.4 Å². The first-order valence-electron chi connectivity index (χ1n) is 12.8. The summed E-state index contributed by atoms with van der Waals surface area (Å²) in [6.45, 7) is 9.87. The third-order valence-electron chi connectivity index (χ3n) is 5.31. The van der Waals surface area contributed by atoms with Crippen molar-refractivity contribution in [3.63, 3.8) is 0 Å². The van der Waals surface area contributed by atoms with Gasteiger partial charge in [-0.1, -0.05) is 65.9 Å². The van der Waals surface area contributed by atoms with Crippen LogP contribution in [0.5, 0.6) is 0 Å². The third kappa shape index (κ3) is 11.2. The van der Waals surface area contributed by atoms with Crippen molar-refractivity contribution in [3.8, 4) is 11.3 Å². The predicted octanol–water partition coefficient (Wildman–Crippen LogP) is 8.51. The van der Waals surface area contributed by atoms with E-state index in [0.717, 1.165) is 36.2 Å². The number of pyridine rings is 1. The number of unbranched alkanes of at least 4 members (excludes halogenated alkanes) is 4. The van der Waals surface area contributed by atoms with Crippen molar-refractivity contribution in [2.24, 2.45) is 0 Å². The van der Waals surface area contributed by atoms with E-state index in [4.69, 9.17) is 14.8 Å². The molecule has 35 heavy (non-hydrogen) atoms. The van der Waals surface area contributed by atoms with Crippen LogP contribution < -0.4 is 5.32 Å². The van der Waals surface area contributed by atoms with Gasteiger partial charge in [-0.2, -0.15) is 0 Å². The molecule has 0 aliphatic rings. The van der Waals surface area contributed by atoms with Crippen molar-refractivity contribution in [2.45, 2.75) is 85.5 Å². The molecule has 1 unspecified atom stereocenters. The average molecular weight is 481 g/mol. The van der Waals surface area contributed by atoms with Gasteiger partial charge < -0.3 is 10.1 Å². The summed E-state index contributed by atoms with van der Waals surface area (Å²) in [5.41, 5.74) is 2.45. The molecule has 3 aromatic rings. The molecule has 2 aromatic heterocycles. The Hall–Kier alpha value is -3.15. The zero-order valence-electron chi connectivity index (χ0n) is 21.9. The van der Waals surface area contributed by atoms with E-state index < -0.39 is 0 Å². The fraction of sp³-hybridized carbons (Fsp3) is 0.448. The van der Waals surface area contributed by atoms with Crippen LogP contribution in [0.2, 0.25) is 0 Å². The lowest BCUT2D eigenvalue weighted by Crippen LogP contribution is -2.07. The molecule has 1 aromatic carbocycles. The standard InChI is InChI=1S/C25H31FN4.C2H4O.C2H6/c1-3-5-6-7-8-11-19(4-2)25-29-23(20-12-10-15-27-18-20)17-24(30-25)28-22-14-9-13-21(26)16-22;1-2-3;1-2/h9-10,12-19H,3-8,11H2,1-2H3,(H,28,29,30);2H,1H3;1-2H3. The van der Waals surface area contributed by atoms with Crippen LogP contribution in [0.3, 0.4) is 0 Å². The van der Waals surface area contributed by atoms with Crippen molar-refractivity contribution >= 4 is 17.8 Å². The van der Waals surface area contributed by atoms with Gasteiger partial charge in [0.1, 0.15) is 23.7 Å². The number of hydrogen-bond acceptors (Lipinski definition) is 5. The molecule has 5 nitrogen and oxygen atoms in total. The number of hydrogen-bond donors (Lipinski definition) is 1. The first kappa shape index (κ1) is 29.9. The molecule has 0 aliphatic carbocycles. The van der Waals surface area contributed by atoms with Crippen molar-refractivity contribution < 1.29 is 9.18 Å². The van der Waals surface area contributed by atoms with Crippen LogP contribution in [0.25, 0.3) is 11.3 Å². The van der Waals surface area contributed by atoms with Gasteiger partial charge >= 0.3 is 0 Å². The summed E-state index contributed by atoms with van der Waals surface area (Å²) in [6, 6.07) is 12.2. The van der Waals surface area contributed by atoms with E-state index in [0.29, 0.717) is 17.4 Å². The first-order chi connectivity index (χ1) is 17.1. The van der Waals surface area contributed by atoms with Gasteiger partial charge in [-0.3, -0.25) is 4.98 Å².